The molecule has 0 aliphatic carbocycles. The van der Waals surface area contributed by atoms with Crippen LogP contribution in [0.15, 0.2) is 18.2 Å². The minimum absolute atomic E-state index is 0.0609. The van der Waals surface area contributed by atoms with Gasteiger partial charge in [0.05, 0.1) is 19.8 Å². The summed E-state index contributed by atoms with van der Waals surface area (Å²) in [4.78, 5) is 11.8. The molecular weight excluding hydrogens is 264 g/mol. The van der Waals surface area contributed by atoms with Gasteiger partial charge in [0.2, 0.25) is 5.91 Å². The molecule has 1 aromatic carbocycles. The molecule has 5 heteroatoms. The van der Waals surface area contributed by atoms with Crippen molar-refractivity contribution in [2.24, 2.45) is 5.41 Å². The monoisotopic (exact) mass is 282 g/mol. The molecule has 0 saturated carbocycles. The molecule has 0 aromatic heterocycles. The van der Waals surface area contributed by atoms with Crippen LogP contribution in [0.25, 0.3) is 0 Å². The van der Waals surface area contributed by atoms with Crippen molar-refractivity contribution in [2.75, 3.05) is 31.6 Å². The Labute approximate surface area is 118 Å². The summed E-state index contributed by atoms with van der Waals surface area (Å²) in [6.45, 7) is 6.68. The van der Waals surface area contributed by atoms with Gasteiger partial charge in [-0.25, -0.2) is 0 Å². The Kier molecular flexibility index (Phi) is 4.45. The minimum atomic E-state index is -0.0609. The zero-order valence-electron chi connectivity index (χ0n) is 11.3. The van der Waals surface area contributed by atoms with Gasteiger partial charge in [0.1, 0.15) is 0 Å². The summed E-state index contributed by atoms with van der Waals surface area (Å²) in [5, 5.41) is 6.63. The lowest BCUT2D eigenvalue weighted by atomic mass is 9.89. The molecule has 4 nitrogen and oxygen atoms in total. The lowest BCUT2D eigenvalue weighted by Gasteiger charge is -2.38. The first-order chi connectivity index (χ1) is 8.98. The van der Waals surface area contributed by atoms with Crippen LogP contribution in [-0.2, 0) is 9.53 Å². The Bertz CT molecular complexity index is 473. The predicted molar refractivity (Wildman–Crippen MR) is 76.6 cm³/mol. The second-order valence-corrected chi connectivity index (χ2v) is 5.85. The summed E-state index contributed by atoms with van der Waals surface area (Å²) in [5.74, 6) is -0.0609. The fourth-order valence-electron chi connectivity index (χ4n) is 1.95. The van der Waals surface area contributed by atoms with Crippen LogP contribution in [0, 0.1) is 12.3 Å². The fraction of sp³-hybridized carbons (Fsp3) is 0.500. The van der Waals surface area contributed by atoms with E-state index in [1.807, 2.05) is 19.1 Å². The maximum atomic E-state index is 11.8. The number of halogens is 1. The molecule has 2 N–H and O–H groups in total. The maximum Gasteiger partial charge on any atom is 0.238 e. The standard InChI is InChI=1S/C14H19ClN2O2/c1-10-3-4-11(15)5-12(10)17-13(18)6-16-7-14(2)8-19-9-14/h3-5,16H,6-9H2,1-2H3,(H,17,18). The third-order valence-corrected chi connectivity index (χ3v) is 3.45. The van der Waals surface area contributed by atoms with Crippen molar-refractivity contribution in [3.05, 3.63) is 28.8 Å². The quantitative estimate of drug-likeness (QED) is 0.871. The van der Waals surface area contributed by atoms with Crippen LogP contribution in [0.1, 0.15) is 12.5 Å². The number of benzene rings is 1. The van der Waals surface area contributed by atoms with E-state index in [4.69, 9.17) is 16.3 Å². The van der Waals surface area contributed by atoms with Gasteiger partial charge in [-0.15, -0.1) is 0 Å². The number of hydrogen-bond acceptors (Lipinski definition) is 3. The average Bonchev–Trinajstić information content (AvgIpc) is 2.32. The van der Waals surface area contributed by atoms with Crippen LogP contribution in [0.4, 0.5) is 5.69 Å². The van der Waals surface area contributed by atoms with Crippen LogP contribution < -0.4 is 10.6 Å². The summed E-state index contributed by atoms with van der Waals surface area (Å²) in [6, 6.07) is 5.45. The second kappa shape index (κ2) is 5.90. The van der Waals surface area contributed by atoms with Crippen molar-refractivity contribution < 1.29 is 9.53 Å². The van der Waals surface area contributed by atoms with Gasteiger partial charge in [-0.3, -0.25) is 4.79 Å². The summed E-state index contributed by atoms with van der Waals surface area (Å²) in [5.41, 5.74) is 1.93. The van der Waals surface area contributed by atoms with Crippen LogP contribution >= 0.6 is 11.6 Å². The number of rotatable bonds is 5. The summed E-state index contributed by atoms with van der Waals surface area (Å²) in [7, 11) is 0. The number of nitrogens with one attached hydrogen (secondary N) is 2. The van der Waals surface area contributed by atoms with E-state index in [9.17, 15) is 4.79 Å². The topological polar surface area (TPSA) is 50.4 Å². The van der Waals surface area contributed by atoms with E-state index in [1.54, 1.807) is 6.07 Å². The number of anilines is 1. The number of aryl methyl sites for hydroxylation is 1. The summed E-state index contributed by atoms with van der Waals surface area (Å²) < 4.78 is 5.16. The molecule has 1 saturated heterocycles. The zero-order valence-corrected chi connectivity index (χ0v) is 12.0. The van der Waals surface area contributed by atoms with Crippen molar-refractivity contribution in [3.8, 4) is 0 Å². The highest BCUT2D eigenvalue weighted by atomic mass is 35.5. The van der Waals surface area contributed by atoms with Gasteiger partial charge in [-0.1, -0.05) is 24.6 Å². The molecule has 2 rings (SSSR count). The maximum absolute atomic E-state index is 11.8. The Morgan fingerprint density at radius 2 is 2.21 bits per heavy atom. The van der Waals surface area contributed by atoms with Crippen LogP contribution in [0.5, 0.6) is 0 Å². The van der Waals surface area contributed by atoms with E-state index in [1.165, 1.54) is 0 Å². The van der Waals surface area contributed by atoms with Gasteiger partial charge < -0.3 is 15.4 Å². The lowest BCUT2D eigenvalue weighted by Crippen LogP contribution is -2.48. The number of amides is 1. The molecular formula is C14H19ClN2O2. The van der Waals surface area contributed by atoms with Crippen molar-refractivity contribution in [3.63, 3.8) is 0 Å². The van der Waals surface area contributed by atoms with Crippen LogP contribution in [0.2, 0.25) is 5.02 Å². The Balaban J connectivity index is 1.79. The Hall–Kier alpha value is -1.10. The van der Waals surface area contributed by atoms with Crippen molar-refractivity contribution in [1.82, 2.24) is 5.32 Å². The normalized spacial score (nSPS) is 16.8. The molecule has 0 bridgehead atoms. The molecule has 1 amide bonds. The smallest absolute Gasteiger partial charge is 0.238 e. The highest BCUT2D eigenvalue weighted by Crippen LogP contribution is 2.25. The second-order valence-electron chi connectivity index (χ2n) is 5.41. The fourth-order valence-corrected chi connectivity index (χ4v) is 2.13. The first-order valence-corrected chi connectivity index (χ1v) is 6.71. The van der Waals surface area contributed by atoms with E-state index in [-0.39, 0.29) is 11.3 Å². The molecule has 0 unspecified atom stereocenters. The largest absolute Gasteiger partial charge is 0.380 e. The molecule has 1 fully saturated rings. The number of ether oxygens (including phenoxy) is 1. The zero-order chi connectivity index (χ0) is 13.9. The lowest BCUT2D eigenvalue weighted by molar-refractivity contribution is -0.117. The third kappa shape index (κ3) is 3.93. The third-order valence-electron chi connectivity index (χ3n) is 3.21. The van der Waals surface area contributed by atoms with Gasteiger partial charge in [-0.2, -0.15) is 0 Å². The number of hydrogen-bond donors (Lipinski definition) is 2. The molecule has 0 radical (unpaired) electrons. The molecule has 1 aliphatic rings. The minimum Gasteiger partial charge on any atom is -0.380 e. The van der Waals surface area contributed by atoms with E-state index in [0.29, 0.717) is 11.6 Å². The van der Waals surface area contributed by atoms with Crippen molar-refractivity contribution in [2.45, 2.75) is 13.8 Å². The van der Waals surface area contributed by atoms with Crippen molar-refractivity contribution >= 4 is 23.2 Å². The van der Waals surface area contributed by atoms with Crippen LogP contribution in [0.3, 0.4) is 0 Å². The van der Waals surface area contributed by atoms with E-state index in [2.05, 4.69) is 17.6 Å². The number of carbonyl (C=O) groups is 1. The highest BCUT2D eigenvalue weighted by Gasteiger charge is 2.32. The summed E-state index contributed by atoms with van der Waals surface area (Å²) >= 11 is 5.91. The highest BCUT2D eigenvalue weighted by molar-refractivity contribution is 6.31. The van der Waals surface area contributed by atoms with E-state index < -0.39 is 0 Å². The average molecular weight is 283 g/mol. The first kappa shape index (κ1) is 14.3. The van der Waals surface area contributed by atoms with E-state index in [0.717, 1.165) is 31.0 Å². The molecule has 104 valence electrons. The van der Waals surface area contributed by atoms with Gasteiger partial charge in [0.25, 0.3) is 0 Å². The Morgan fingerprint density at radius 3 is 2.84 bits per heavy atom. The molecule has 19 heavy (non-hydrogen) atoms. The molecule has 1 aromatic rings. The molecule has 1 heterocycles. The Morgan fingerprint density at radius 1 is 1.47 bits per heavy atom. The molecule has 0 atom stereocenters. The van der Waals surface area contributed by atoms with Crippen LogP contribution in [-0.4, -0.2) is 32.2 Å². The summed E-state index contributed by atoms with van der Waals surface area (Å²) in [6.07, 6.45) is 0. The van der Waals surface area contributed by atoms with Gasteiger partial charge in [0, 0.05) is 22.7 Å². The molecule has 0 spiro atoms. The van der Waals surface area contributed by atoms with Gasteiger partial charge in [-0.05, 0) is 24.6 Å². The predicted octanol–water partition coefficient (Wildman–Crippen LogP) is 2.21. The first-order valence-electron chi connectivity index (χ1n) is 6.33. The number of carbonyl (C=O) groups excluding carboxylic acids is 1. The SMILES string of the molecule is Cc1ccc(Cl)cc1NC(=O)CNCC1(C)COC1. The van der Waals surface area contributed by atoms with Gasteiger partial charge >= 0.3 is 0 Å². The molecule has 1 aliphatic heterocycles. The van der Waals surface area contributed by atoms with Crippen molar-refractivity contribution in [1.29, 1.82) is 0 Å². The van der Waals surface area contributed by atoms with Gasteiger partial charge in [0.15, 0.2) is 0 Å². The van der Waals surface area contributed by atoms with E-state index >= 15 is 0 Å².